The molecule has 8 nitrogen and oxygen atoms in total. The third kappa shape index (κ3) is 7.86. The Hall–Kier alpha value is -3.77. The van der Waals surface area contributed by atoms with Crippen LogP contribution in [0.2, 0.25) is 0 Å². The fourth-order valence-electron chi connectivity index (χ4n) is 3.63. The molecule has 0 amide bonds. The van der Waals surface area contributed by atoms with Crippen LogP contribution in [0.5, 0.6) is 11.5 Å². The molecule has 12 heteroatoms. The summed E-state index contributed by atoms with van der Waals surface area (Å²) in [6, 6.07) is 9.17. The predicted molar refractivity (Wildman–Crippen MR) is 127 cm³/mol. The molecule has 0 aliphatic carbocycles. The number of nitrogens with zero attached hydrogens (tertiary/aromatic N) is 3. The van der Waals surface area contributed by atoms with Crippen molar-refractivity contribution in [3.8, 4) is 22.6 Å². The molecule has 2 aromatic carbocycles. The first-order chi connectivity index (χ1) is 17.9. The minimum Gasteiger partial charge on any atom is -0.490 e. The highest BCUT2D eigenvalue weighted by atomic mass is 19.4. The monoisotopic (exact) mass is 519 g/mol. The standard InChI is InChI=1S/C25H25F4N5O3/c26-21-11-17(3-4-23(21)37-25(27,28)29)14-30-6-1-2-8-35-9-10-36-24-13-19(18-5-7-31-32-15-18)12-22-20(24)16-33-34-22/h3-5,7,11-13,15-16,30H,1-2,6,8-10,14H2,(H,33,34). The molecule has 0 unspecified atom stereocenters. The van der Waals surface area contributed by atoms with Crippen LogP contribution in [0.15, 0.2) is 55.0 Å². The summed E-state index contributed by atoms with van der Waals surface area (Å²) in [7, 11) is 0. The van der Waals surface area contributed by atoms with Gasteiger partial charge in [0.05, 0.1) is 36.1 Å². The van der Waals surface area contributed by atoms with Gasteiger partial charge in [-0.3, -0.25) is 5.10 Å². The molecular weight excluding hydrogens is 494 g/mol. The van der Waals surface area contributed by atoms with Crippen LogP contribution < -0.4 is 14.8 Å². The molecule has 0 saturated carbocycles. The SMILES string of the molecule is Fc1cc(CNCCCCOCCOc2cc(-c3ccnnc3)cc3[nH]ncc23)ccc1OC(F)(F)F. The first-order valence-corrected chi connectivity index (χ1v) is 11.6. The molecule has 0 atom stereocenters. The van der Waals surface area contributed by atoms with Crippen molar-refractivity contribution in [2.24, 2.45) is 0 Å². The summed E-state index contributed by atoms with van der Waals surface area (Å²) in [5.74, 6) is -1.20. The van der Waals surface area contributed by atoms with Gasteiger partial charge >= 0.3 is 6.36 Å². The smallest absolute Gasteiger partial charge is 0.490 e. The van der Waals surface area contributed by atoms with Crippen LogP contribution in [0.4, 0.5) is 17.6 Å². The van der Waals surface area contributed by atoms with E-state index >= 15 is 0 Å². The zero-order chi connectivity index (χ0) is 26.1. The van der Waals surface area contributed by atoms with Crippen molar-refractivity contribution in [2.45, 2.75) is 25.7 Å². The van der Waals surface area contributed by atoms with Crippen molar-refractivity contribution < 1.29 is 31.8 Å². The lowest BCUT2D eigenvalue weighted by molar-refractivity contribution is -0.275. The molecule has 0 spiro atoms. The maximum absolute atomic E-state index is 13.7. The van der Waals surface area contributed by atoms with Gasteiger partial charge in [-0.1, -0.05) is 6.07 Å². The summed E-state index contributed by atoms with van der Waals surface area (Å²) >= 11 is 0. The number of nitrogens with one attached hydrogen (secondary N) is 2. The average molecular weight is 519 g/mol. The van der Waals surface area contributed by atoms with Crippen LogP contribution >= 0.6 is 0 Å². The number of aromatic nitrogens is 4. The zero-order valence-electron chi connectivity index (χ0n) is 19.7. The number of H-pyrrole nitrogens is 1. The van der Waals surface area contributed by atoms with Crippen LogP contribution in [0, 0.1) is 5.82 Å². The van der Waals surface area contributed by atoms with E-state index in [9.17, 15) is 17.6 Å². The third-order valence-corrected chi connectivity index (χ3v) is 5.37. The van der Waals surface area contributed by atoms with Gasteiger partial charge in [0.15, 0.2) is 11.6 Å². The number of aromatic amines is 1. The summed E-state index contributed by atoms with van der Waals surface area (Å²) in [5, 5.41) is 18.8. The number of fused-ring (bicyclic) bond motifs is 1. The fourth-order valence-corrected chi connectivity index (χ4v) is 3.63. The van der Waals surface area contributed by atoms with Gasteiger partial charge in [0.1, 0.15) is 12.4 Å². The number of hydrogen-bond donors (Lipinski definition) is 2. The molecule has 2 N–H and O–H groups in total. The van der Waals surface area contributed by atoms with E-state index in [1.54, 1.807) is 18.6 Å². The number of rotatable bonds is 13. The van der Waals surface area contributed by atoms with E-state index in [-0.39, 0.29) is 0 Å². The van der Waals surface area contributed by atoms with Crippen molar-refractivity contribution in [2.75, 3.05) is 26.4 Å². The number of alkyl halides is 3. The van der Waals surface area contributed by atoms with Crippen LogP contribution in [0.1, 0.15) is 18.4 Å². The van der Waals surface area contributed by atoms with Gasteiger partial charge in [0.2, 0.25) is 0 Å². The maximum Gasteiger partial charge on any atom is 0.573 e. The molecule has 2 aromatic heterocycles. The minimum atomic E-state index is -4.93. The number of hydrogen-bond acceptors (Lipinski definition) is 7. The van der Waals surface area contributed by atoms with Gasteiger partial charge in [0, 0.05) is 18.7 Å². The first-order valence-electron chi connectivity index (χ1n) is 11.6. The minimum absolute atomic E-state index is 0.328. The molecule has 0 radical (unpaired) electrons. The topological polar surface area (TPSA) is 94.2 Å². The van der Waals surface area contributed by atoms with Gasteiger partial charge < -0.3 is 19.5 Å². The van der Waals surface area contributed by atoms with Gasteiger partial charge in [-0.25, -0.2) is 4.39 Å². The van der Waals surface area contributed by atoms with Crippen molar-refractivity contribution in [3.05, 3.63) is 66.4 Å². The normalized spacial score (nSPS) is 11.7. The van der Waals surface area contributed by atoms with Crippen molar-refractivity contribution in [3.63, 3.8) is 0 Å². The number of halogens is 4. The number of ether oxygens (including phenoxy) is 3. The van der Waals surface area contributed by atoms with Crippen LogP contribution in [0.3, 0.4) is 0 Å². The van der Waals surface area contributed by atoms with Gasteiger partial charge in [-0.2, -0.15) is 15.3 Å². The lowest BCUT2D eigenvalue weighted by Gasteiger charge is -2.11. The summed E-state index contributed by atoms with van der Waals surface area (Å²) in [5.41, 5.74) is 3.23. The molecule has 4 rings (SSSR count). The quantitative estimate of drug-likeness (QED) is 0.189. The molecule has 0 aliphatic rings. The Morgan fingerprint density at radius 2 is 1.78 bits per heavy atom. The van der Waals surface area contributed by atoms with Gasteiger partial charge in [-0.15, -0.1) is 13.2 Å². The van der Waals surface area contributed by atoms with Crippen LogP contribution in [-0.4, -0.2) is 53.1 Å². The Labute approximate surface area is 210 Å². The summed E-state index contributed by atoms with van der Waals surface area (Å²) in [6.07, 6.45) is 1.72. The number of unbranched alkanes of at least 4 members (excludes halogenated alkanes) is 1. The van der Waals surface area contributed by atoms with E-state index in [0.717, 1.165) is 47.0 Å². The zero-order valence-corrected chi connectivity index (χ0v) is 19.7. The average Bonchev–Trinajstić information content (AvgIpc) is 3.35. The van der Waals surface area contributed by atoms with E-state index in [1.807, 2.05) is 18.2 Å². The highest BCUT2D eigenvalue weighted by Gasteiger charge is 2.32. The van der Waals surface area contributed by atoms with E-state index < -0.39 is 17.9 Å². The van der Waals surface area contributed by atoms with Crippen molar-refractivity contribution in [1.82, 2.24) is 25.7 Å². The fraction of sp³-hybridized carbons (Fsp3) is 0.320. The molecule has 2 heterocycles. The first kappa shape index (κ1) is 26.3. The highest BCUT2D eigenvalue weighted by Crippen LogP contribution is 2.31. The molecule has 37 heavy (non-hydrogen) atoms. The predicted octanol–water partition coefficient (Wildman–Crippen LogP) is 5.02. The third-order valence-electron chi connectivity index (χ3n) is 5.37. The van der Waals surface area contributed by atoms with Crippen LogP contribution in [-0.2, 0) is 11.3 Å². The van der Waals surface area contributed by atoms with Gasteiger partial charge in [0.25, 0.3) is 0 Å². The Morgan fingerprint density at radius 1 is 0.892 bits per heavy atom. The van der Waals surface area contributed by atoms with E-state index in [1.165, 1.54) is 6.07 Å². The van der Waals surface area contributed by atoms with E-state index in [0.29, 0.717) is 44.2 Å². The summed E-state index contributed by atoms with van der Waals surface area (Å²) < 4.78 is 65.6. The lowest BCUT2D eigenvalue weighted by atomic mass is 10.1. The molecule has 0 bridgehead atoms. The maximum atomic E-state index is 13.7. The van der Waals surface area contributed by atoms with E-state index in [2.05, 4.69) is 30.4 Å². The van der Waals surface area contributed by atoms with E-state index in [4.69, 9.17) is 9.47 Å². The van der Waals surface area contributed by atoms with Crippen LogP contribution in [0.25, 0.3) is 22.0 Å². The van der Waals surface area contributed by atoms with Crippen molar-refractivity contribution >= 4 is 10.9 Å². The lowest BCUT2D eigenvalue weighted by Crippen LogP contribution is -2.18. The molecule has 196 valence electrons. The molecular formula is C25H25F4N5O3. The number of benzene rings is 2. The second kappa shape index (κ2) is 12.5. The Bertz CT molecular complexity index is 1280. The van der Waals surface area contributed by atoms with Crippen molar-refractivity contribution in [1.29, 1.82) is 0 Å². The molecule has 0 saturated heterocycles. The largest absolute Gasteiger partial charge is 0.573 e. The Kier molecular flexibility index (Phi) is 8.86. The molecule has 0 fully saturated rings. The van der Waals surface area contributed by atoms with Gasteiger partial charge in [-0.05, 0) is 60.8 Å². The second-order valence-corrected chi connectivity index (χ2v) is 8.09. The molecule has 4 aromatic rings. The molecule has 0 aliphatic heterocycles. The Morgan fingerprint density at radius 3 is 2.57 bits per heavy atom. The summed E-state index contributed by atoms with van der Waals surface area (Å²) in [6.45, 7) is 2.31. The Balaban J connectivity index is 1.12. The second-order valence-electron chi connectivity index (χ2n) is 8.09. The highest BCUT2D eigenvalue weighted by molar-refractivity contribution is 5.89. The summed E-state index contributed by atoms with van der Waals surface area (Å²) in [4.78, 5) is 0.